The van der Waals surface area contributed by atoms with E-state index in [0.717, 1.165) is 22.7 Å². The molecule has 2 rings (SSSR count). The van der Waals surface area contributed by atoms with Gasteiger partial charge >= 0.3 is 6.92 Å². The molecule has 1 aromatic rings. The second-order valence-corrected chi connectivity index (χ2v) is 3.81. The lowest BCUT2D eigenvalue weighted by molar-refractivity contribution is 0.587. The van der Waals surface area contributed by atoms with Crippen molar-refractivity contribution in [3.05, 3.63) is 28.2 Å². The Morgan fingerprint density at radius 3 is 3.09 bits per heavy atom. The van der Waals surface area contributed by atoms with Crippen molar-refractivity contribution < 1.29 is 5.02 Å². The summed E-state index contributed by atoms with van der Waals surface area (Å²) in [5.74, 6) is 0. The van der Waals surface area contributed by atoms with E-state index in [1.807, 2.05) is 12.1 Å². The molecular formula is C8H8BBrO. The first-order valence-corrected chi connectivity index (χ1v) is 4.53. The number of fused-ring (bicyclic) bond motifs is 1. The first kappa shape index (κ1) is 7.38. The fraction of sp³-hybridized carbons (Fsp3) is 0.250. The van der Waals surface area contributed by atoms with Crippen molar-refractivity contribution >= 4 is 28.3 Å². The molecule has 1 aliphatic rings. The van der Waals surface area contributed by atoms with Gasteiger partial charge in [0.25, 0.3) is 0 Å². The maximum Gasteiger partial charge on any atom is 0.324 e. The number of rotatable bonds is 0. The molecule has 0 unspecified atom stereocenters. The van der Waals surface area contributed by atoms with Gasteiger partial charge in [0.2, 0.25) is 0 Å². The molecule has 3 heteroatoms. The summed E-state index contributed by atoms with van der Waals surface area (Å²) in [6.07, 6.45) is 1.89. The first-order valence-electron chi connectivity index (χ1n) is 3.74. The summed E-state index contributed by atoms with van der Waals surface area (Å²) in [5, 5.41) is 9.46. The van der Waals surface area contributed by atoms with Crippen LogP contribution in [0.5, 0.6) is 0 Å². The van der Waals surface area contributed by atoms with E-state index in [0.29, 0.717) is 0 Å². The first-order chi connectivity index (χ1) is 5.27. The second kappa shape index (κ2) is 2.65. The third-order valence-electron chi connectivity index (χ3n) is 2.15. The smallest absolute Gasteiger partial charge is 0.324 e. The van der Waals surface area contributed by atoms with Gasteiger partial charge in [0.15, 0.2) is 0 Å². The van der Waals surface area contributed by atoms with Crippen molar-refractivity contribution in [2.45, 2.75) is 12.7 Å². The van der Waals surface area contributed by atoms with E-state index in [1.54, 1.807) is 0 Å². The Morgan fingerprint density at radius 2 is 2.27 bits per heavy atom. The van der Waals surface area contributed by atoms with E-state index in [1.165, 1.54) is 5.56 Å². The summed E-state index contributed by atoms with van der Waals surface area (Å²) in [6.45, 7) is -0.224. The molecule has 0 amide bonds. The van der Waals surface area contributed by atoms with Crippen LogP contribution in [0.15, 0.2) is 22.7 Å². The van der Waals surface area contributed by atoms with Gasteiger partial charge in [-0.25, -0.2) is 0 Å². The molecule has 0 radical (unpaired) electrons. The van der Waals surface area contributed by atoms with Gasteiger partial charge in [0.1, 0.15) is 0 Å². The zero-order valence-corrected chi connectivity index (χ0v) is 7.63. The van der Waals surface area contributed by atoms with Gasteiger partial charge < -0.3 is 5.02 Å². The molecule has 11 heavy (non-hydrogen) atoms. The molecule has 1 heterocycles. The van der Waals surface area contributed by atoms with Crippen LogP contribution in [0.1, 0.15) is 5.56 Å². The minimum atomic E-state index is -0.224. The van der Waals surface area contributed by atoms with Gasteiger partial charge in [0, 0.05) is 4.47 Å². The van der Waals surface area contributed by atoms with Gasteiger partial charge in [0.05, 0.1) is 0 Å². The normalized spacial score (nSPS) is 15.3. The molecule has 1 nitrogen and oxygen atoms in total. The summed E-state index contributed by atoms with van der Waals surface area (Å²) in [7, 11) is 0. The van der Waals surface area contributed by atoms with Crippen LogP contribution in [-0.4, -0.2) is 11.9 Å². The fourth-order valence-electron chi connectivity index (χ4n) is 1.56. The summed E-state index contributed by atoms with van der Waals surface area (Å²) in [5.41, 5.74) is 2.39. The molecule has 1 aromatic carbocycles. The standard InChI is InChI=1S/C8H8BBrO/c10-7-1-2-8-6(5-7)3-4-9(8)11/h1-2,5,11H,3-4H2. The largest absolute Gasteiger partial charge is 0.446 e. The molecule has 0 saturated carbocycles. The van der Waals surface area contributed by atoms with Crippen LogP contribution in [0.2, 0.25) is 6.32 Å². The minimum absolute atomic E-state index is 0.224. The summed E-state index contributed by atoms with van der Waals surface area (Å²) in [4.78, 5) is 0. The zero-order chi connectivity index (χ0) is 7.84. The average Bonchev–Trinajstić information content (AvgIpc) is 2.32. The molecule has 0 aromatic heterocycles. The quantitative estimate of drug-likeness (QED) is 0.639. The molecule has 0 spiro atoms. The Labute approximate surface area is 74.7 Å². The van der Waals surface area contributed by atoms with Crippen molar-refractivity contribution in [3.8, 4) is 0 Å². The number of hydrogen-bond donors (Lipinski definition) is 1. The van der Waals surface area contributed by atoms with Crippen LogP contribution < -0.4 is 5.46 Å². The van der Waals surface area contributed by atoms with E-state index in [-0.39, 0.29) is 6.92 Å². The SMILES string of the molecule is OB1CCc2cc(Br)ccc21. The Morgan fingerprint density at radius 1 is 1.45 bits per heavy atom. The Hall–Kier alpha value is -0.275. The molecular weight excluding hydrogens is 203 g/mol. The van der Waals surface area contributed by atoms with Crippen LogP contribution in [0, 0.1) is 0 Å². The Kier molecular flexibility index (Phi) is 1.78. The third-order valence-corrected chi connectivity index (χ3v) is 2.64. The number of aryl methyl sites for hydroxylation is 1. The third kappa shape index (κ3) is 1.23. The molecule has 0 saturated heterocycles. The van der Waals surface area contributed by atoms with Gasteiger partial charge in [-0.05, 0) is 30.3 Å². The highest BCUT2D eigenvalue weighted by atomic mass is 79.9. The monoisotopic (exact) mass is 210 g/mol. The number of halogens is 1. The van der Waals surface area contributed by atoms with Gasteiger partial charge in [-0.3, -0.25) is 0 Å². The van der Waals surface area contributed by atoms with Crippen molar-refractivity contribution in [2.75, 3.05) is 0 Å². The minimum Gasteiger partial charge on any atom is -0.446 e. The van der Waals surface area contributed by atoms with Crippen LogP contribution in [0.3, 0.4) is 0 Å². The van der Waals surface area contributed by atoms with E-state index < -0.39 is 0 Å². The summed E-state index contributed by atoms with van der Waals surface area (Å²) >= 11 is 3.40. The van der Waals surface area contributed by atoms with E-state index in [4.69, 9.17) is 0 Å². The van der Waals surface area contributed by atoms with Crippen LogP contribution in [-0.2, 0) is 6.42 Å². The topological polar surface area (TPSA) is 20.2 Å². The fourth-order valence-corrected chi connectivity index (χ4v) is 1.97. The molecule has 1 aliphatic heterocycles. The number of hydrogen-bond acceptors (Lipinski definition) is 1. The highest BCUT2D eigenvalue weighted by Gasteiger charge is 2.24. The van der Waals surface area contributed by atoms with E-state index in [2.05, 4.69) is 22.0 Å². The lowest BCUT2D eigenvalue weighted by Crippen LogP contribution is -2.25. The average molecular weight is 211 g/mol. The summed E-state index contributed by atoms with van der Waals surface area (Å²) in [6, 6.07) is 6.07. The van der Waals surface area contributed by atoms with Crippen LogP contribution in [0.4, 0.5) is 0 Å². The molecule has 0 atom stereocenters. The Balaban J connectivity index is 2.50. The van der Waals surface area contributed by atoms with E-state index >= 15 is 0 Å². The molecule has 0 aliphatic carbocycles. The zero-order valence-electron chi connectivity index (χ0n) is 6.05. The van der Waals surface area contributed by atoms with Gasteiger partial charge in [-0.15, -0.1) is 0 Å². The lowest BCUT2D eigenvalue weighted by Gasteiger charge is -1.99. The molecule has 1 N–H and O–H groups in total. The maximum atomic E-state index is 9.46. The van der Waals surface area contributed by atoms with Crippen LogP contribution >= 0.6 is 15.9 Å². The predicted molar refractivity (Wildman–Crippen MR) is 50.3 cm³/mol. The van der Waals surface area contributed by atoms with Crippen molar-refractivity contribution in [1.82, 2.24) is 0 Å². The highest BCUT2D eigenvalue weighted by Crippen LogP contribution is 2.17. The molecule has 0 fully saturated rings. The highest BCUT2D eigenvalue weighted by molar-refractivity contribution is 9.10. The molecule has 56 valence electrons. The Bertz CT molecular complexity index is 287. The van der Waals surface area contributed by atoms with Crippen molar-refractivity contribution in [2.24, 2.45) is 0 Å². The predicted octanol–water partition coefficient (Wildman–Crippen LogP) is 1.20. The van der Waals surface area contributed by atoms with Crippen molar-refractivity contribution in [3.63, 3.8) is 0 Å². The lowest BCUT2D eigenvalue weighted by atomic mass is 9.63. The van der Waals surface area contributed by atoms with E-state index in [9.17, 15) is 5.02 Å². The van der Waals surface area contributed by atoms with Crippen molar-refractivity contribution in [1.29, 1.82) is 0 Å². The van der Waals surface area contributed by atoms with Gasteiger partial charge in [-0.1, -0.05) is 27.6 Å². The van der Waals surface area contributed by atoms with Crippen LogP contribution in [0.25, 0.3) is 0 Å². The second-order valence-electron chi connectivity index (χ2n) is 2.90. The number of benzene rings is 1. The molecule has 0 bridgehead atoms. The maximum absolute atomic E-state index is 9.46. The van der Waals surface area contributed by atoms with Gasteiger partial charge in [-0.2, -0.15) is 0 Å². The summed E-state index contributed by atoms with van der Waals surface area (Å²) < 4.78 is 1.10.